The Morgan fingerprint density at radius 2 is 2.20 bits per heavy atom. The number of hydrogen-bond acceptors (Lipinski definition) is 5. The fourth-order valence-corrected chi connectivity index (χ4v) is 2.54. The van der Waals surface area contributed by atoms with E-state index in [9.17, 15) is 0 Å². The molecule has 2 aromatic rings. The largest absolute Gasteiger partial charge is 0.497 e. The van der Waals surface area contributed by atoms with Gasteiger partial charge in [-0.3, -0.25) is 0 Å². The van der Waals surface area contributed by atoms with Crippen LogP contribution < -0.4 is 10.5 Å². The normalized spacial score (nSPS) is 16.7. The molecule has 6 nitrogen and oxygen atoms in total. The first-order chi connectivity index (χ1) is 9.63. The summed E-state index contributed by atoms with van der Waals surface area (Å²) in [6, 6.07) is 5.83. The van der Waals surface area contributed by atoms with Gasteiger partial charge >= 0.3 is 0 Å². The second kappa shape index (κ2) is 4.79. The quantitative estimate of drug-likeness (QED) is 0.839. The van der Waals surface area contributed by atoms with Gasteiger partial charge in [0.05, 0.1) is 20.3 Å². The van der Waals surface area contributed by atoms with E-state index in [0.717, 1.165) is 23.6 Å². The second-order valence-corrected chi connectivity index (χ2v) is 5.30. The summed E-state index contributed by atoms with van der Waals surface area (Å²) >= 11 is 0. The minimum Gasteiger partial charge on any atom is -0.497 e. The Hall–Kier alpha value is -2.08. The van der Waals surface area contributed by atoms with Crippen LogP contribution in [0.25, 0.3) is 0 Å². The second-order valence-electron chi connectivity index (χ2n) is 5.30. The van der Waals surface area contributed by atoms with Crippen molar-refractivity contribution in [1.29, 1.82) is 0 Å². The Balaban J connectivity index is 1.96. The van der Waals surface area contributed by atoms with Crippen molar-refractivity contribution in [3.8, 4) is 5.75 Å². The molecule has 1 aliphatic heterocycles. The van der Waals surface area contributed by atoms with Gasteiger partial charge in [0, 0.05) is 30.6 Å². The lowest BCUT2D eigenvalue weighted by Crippen LogP contribution is -2.49. The van der Waals surface area contributed by atoms with Gasteiger partial charge in [-0.2, -0.15) is 0 Å². The summed E-state index contributed by atoms with van der Waals surface area (Å²) in [6.07, 6.45) is 2.48. The molecule has 2 heterocycles. The Morgan fingerprint density at radius 3 is 2.75 bits per heavy atom. The number of nitrogens with zero attached hydrogens (tertiary/aromatic N) is 3. The van der Waals surface area contributed by atoms with E-state index in [4.69, 9.17) is 15.2 Å². The van der Waals surface area contributed by atoms with Gasteiger partial charge in [0.2, 0.25) is 0 Å². The monoisotopic (exact) mass is 274 g/mol. The van der Waals surface area contributed by atoms with Crippen LogP contribution in [0.3, 0.4) is 0 Å². The molecule has 0 bridgehead atoms. The van der Waals surface area contributed by atoms with Crippen LogP contribution in [0.15, 0.2) is 24.5 Å². The summed E-state index contributed by atoms with van der Waals surface area (Å²) in [6.45, 7) is 1.32. The lowest BCUT2D eigenvalue weighted by molar-refractivity contribution is -0.0611. The first-order valence-electron chi connectivity index (χ1n) is 6.49. The number of rotatable bonds is 4. The van der Waals surface area contributed by atoms with Gasteiger partial charge in [-0.25, -0.2) is 0 Å². The average molecular weight is 274 g/mol. The molecule has 3 rings (SSSR count). The van der Waals surface area contributed by atoms with Crippen molar-refractivity contribution < 1.29 is 9.47 Å². The maximum absolute atomic E-state index is 5.96. The number of anilines is 1. The maximum atomic E-state index is 5.96. The zero-order chi connectivity index (χ0) is 14.2. The third-order valence-corrected chi connectivity index (χ3v) is 3.84. The number of aromatic nitrogens is 3. The Labute approximate surface area is 117 Å². The predicted octanol–water partition coefficient (Wildman–Crippen LogP) is 0.917. The highest BCUT2D eigenvalue weighted by atomic mass is 16.5. The summed E-state index contributed by atoms with van der Waals surface area (Å²) in [4.78, 5) is 0. The number of ether oxygens (including phenoxy) is 2. The van der Waals surface area contributed by atoms with Crippen LogP contribution in [-0.2, 0) is 23.6 Å². The number of aryl methyl sites for hydroxylation is 1. The molecule has 0 atom stereocenters. The molecule has 20 heavy (non-hydrogen) atoms. The molecule has 6 heteroatoms. The van der Waals surface area contributed by atoms with E-state index >= 15 is 0 Å². The van der Waals surface area contributed by atoms with E-state index in [2.05, 4.69) is 10.2 Å². The van der Waals surface area contributed by atoms with Crippen molar-refractivity contribution in [3.05, 3.63) is 35.9 Å². The fourth-order valence-electron chi connectivity index (χ4n) is 2.54. The van der Waals surface area contributed by atoms with Crippen LogP contribution in [-0.4, -0.2) is 35.1 Å². The fraction of sp³-hybridized carbons (Fsp3) is 0.429. The molecule has 1 saturated heterocycles. The maximum Gasteiger partial charge on any atom is 0.133 e. The molecule has 0 amide bonds. The molecular formula is C14H18N4O2. The van der Waals surface area contributed by atoms with Gasteiger partial charge in [-0.1, -0.05) is 0 Å². The Kier molecular flexibility index (Phi) is 3.10. The third-order valence-electron chi connectivity index (χ3n) is 3.84. The zero-order valence-corrected chi connectivity index (χ0v) is 11.7. The minimum absolute atomic E-state index is 0.0938. The molecule has 1 aromatic heterocycles. The first kappa shape index (κ1) is 12.9. The van der Waals surface area contributed by atoms with Crippen LogP contribution in [0.4, 0.5) is 5.69 Å². The van der Waals surface area contributed by atoms with Crippen molar-refractivity contribution >= 4 is 5.69 Å². The molecule has 0 radical (unpaired) electrons. The van der Waals surface area contributed by atoms with Crippen LogP contribution in [0.1, 0.15) is 11.4 Å². The summed E-state index contributed by atoms with van der Waals surface area (Å²) in [5.74, 6) is 1.71. The highest BCUT2D eigenvalue weighted by Gasteiger charge is 2.42. The van der Waals surface area contributed by atoms with E-state index in [0.29, 0.717) is 18.9 Å². The highest BCUT2D eigenvalue weighted by molar-refractivity contribution is 5.50. The number of nitrogen functional groups attached to an aromatic ring is 1. The van der Waals surface area contributed by atoms with E-state index < -0.39 is 0 Å². The van der Waals surface area contributed by atoms with Crippen molar-refractivity contribution in [2.24, 2.45) is 7.05 Å². The van der Waals surface area contributed by atoms with Crippen LogP contribution in [0.2, 0.25) is 0 Å². The standard InChI is InChI=1S/C14H18N4O2/c1-18-9-16-17-13(18)6-14(7-20-8-14)10-3-11(15)5-12(4-10)19-2/h3-5,9H,6-8,15H2,1-2H3. The zero-order valence-electron chi connectivity index (χ0n) is 11.7. The number of hydrogen-bond donors (Lipinski definition) is 1. The van der Waals surface area contributed by atoms with Crippen molar-refractivity contribution in [1.82, 2.24) is 14.8 Å². The van der Waals surface area contributed by atoms with Crippen LogP contribution in [0.5, 0.6) is 5.75 Å². The molecule has 0 saturated carbocycles. The molecule has 1 aliphatic rings. The Morgan fingerprint density at radius 1 is 1.40 bits per heavy atom. The minimum atomic E-state index is -0.0938. The van der Waals surface area contributed by atoms with Crippen molar-refractivity contribution in [2.75, 3.05) is 26.1 Å². The van der Waals surface area contributed by atoms with Crippen LogP contribution >= 0.6 is 0 Å². The molecule has 0 unspecified atom stereocenters. The smallest absolute Gasteiger partial charge is 0.133 e. The first-order valence-corrected chi connectivity index (χ1v) is 6.49. The Bertz CT molecular complexity index is 619. The number of methoxy groups -OCH3 is 1. The van der Waals surface area contributed by atoms with E-state index in [-0.39, 0.29) is 5.41 Å². The van der Waals surface area contributed by atoms with Gasteiger partial charge in [0.15, 0.2) is 0 Å². The predicted molar refractivity (Wildman–Crippen MR) is 74.6 cm³/mol. The van der Waals surface area contributed by atoms with Gasteiger partial charge in [-0.05, 0) is 17.7 Å². The SMILES string of the molecule is COc1cc(N)cc(C2(Cc3nncn3C)COC2)c1. The van der Waals surface area contributed by atoms with Crippen LogP contribution in [0, 0.1) is 0 Å². The van der Waals surface area contributed by atoms with Crippen molar-refractivity contribution in [2.45, 2.75) is 11.8 Å². The highest BCUT2D eigenvalue weighted by Crippen LogP contribution is 2.38. The third kappa shape index (κ3) is 2.12. The number of benzene rings is 1. The number of nitrogens with two attached hydrogens (primary N) is 1. The molecule has 0 aliphatic carbocycles. The lowest BCUT2D eigenvalue weighted by atomic mass is 9.75. The summed E-state index contributed by atoms with van der Waals surface area (Å²) < 4.78 is 12.7. The van der Waals surface area contributed by atoms with Gasteiger partial charge in [0.25, 0.3) is 0 Å². The van der Waals surface area contributed by atoms with Gasteiger partial charge < -0.3 is 19.8 Å². The topological polar surface area (TPSA) is 75.2 Å². The molecule has 0 spiro atoms. The molecule has 106 valence electrons. The summed E-state index contributed by atoms with van der Waals surface area (Å²) in [7, 11) is 3.59. The van der Waals surface area contributed by atoms with E-state index in [1.54, 1.807) is 13.4 Å². The molecule has 2 N–H and O–H groups in total. The van der Waals surface area contributed by atoms with Gasteiger partial charge in [0.1, 0.15) is 17.9 Å². The lowest BCUT2D eigenvalue weighted by Gasteiger charge is -2.42. The summed E-state index contributed by atoms with van der Waals surface area (Å²) in [5.41, 5.74) is 7.69. The molecule has 1 aromatic carbocycles. The van der Waals surface area contributed by atoms with E-state index in [1.165, 1.54) is 0 Å². The van der Waals surface area contributed by atoms with Crippen molar-refractivity contribution in [3.63, 3.8) is 0 Å². The average Bonchev–Trinajstić information content (AvgIpc) is 2.78. The molecule has 1 fully saturated rings. The summed E-state index contributed by atoms with van der Waals surface area (Å²) in [5, 5.41) is 8.10. The van der Waals surface area contributed by atoms with E-state index in [1.807, 2.05) is 29.8 Å². The molecular weight excluding hydrogens is 256 g/mol. The van der Waals surface area contributed by atoms with Gasteiger partial charge in [-0.15, -0.1) is 10.2 Å².